The maximum Gasteiger partial charge on any atom is 0.251 e. The van der Waals surface area contributed by atoms with Crippen LogP contribution in [0.4, 0.5) is 0 Å². The van der Waals surface area contributed by atoms with Crippen molar-refractivity contribution < 1.29 is 4.79 Å². The van der Waals surface area contributed by atoms with E-state index in [0.29, 0.717) is 6.54 Å². The topological polar surface area (TPSA) is 29.1 Å². The van der Waals surface area contributed by atoms with Crippen molar-refractivity contribution in [2.24, 2.45) is 5.92 Å². The maximum absolute atomic E-state index is 11.0. The summed E-state index contributed by atoms with van der Waals surface area (Å²) >= 11 is 0. The maximum atomic E-state index is 11.0. The number of carbonyl (C=O) groups excluding carboxylic acids is 1. The van der Waals surface area contributed by atoms with Gasteiger partial charge in [0, 0.05) is 12.1 Å². The van der Waals surface area contributed by atoms with Crippen LogP contribution in [-0.2, 0) is 6.54 Å². The minimum atomic E-state index is 0.0515. The van der Waals surface area contributed by atoms with Gasteiger partial charge in [0.05, 0.1) is 0 Å². The molecule has 16 heavy (non-hydrogen) atoms. The van der Waals surface area contributed by atoms with Gasteiger partial charge in [0.2, 0.25) is 0 Å². The molecule has 1 heterocycles. The van der Waals surface area contributed by atoms with Gasteiger partial charge in [0.25, 0.3) is 5.91 Å². The highest BCUT2D eigenvalue weighted by atomic mass is 16.1. The van der Waals surface area contributed by atoms with Gasteiger partial charge in [-0.2, -0.15) is 0 Å². The molecule has 0 radical (unpaired) electrons. The van der Waals surface area contributed by atoms with E-state index in [2.05, 4.69) is 26.1 Å². The van der Waals surface area contributed by atoms with Gasteiger partial charge in [0.1, 0.15) is 0 Å². The van der Waals surface area contributed by atoms with Gasteiger partial charge in [0.15, 0.2) is 0 Å². The van der Waals surface area contributed by atoms with Crippen LogP contribution in [0.25, 0.3) is 0 Å². The van der Waals surface area contributed by atoms with Gasteiger partial charge in [-0.3, -0.25) is 4.79 Å². The fourth-order valence-corrected chi connectivity index (χ4v) is 1.17. The zero-order valence-corrected chi connectivity index (χ0v) is 11.0. The van der Waals surface area contributed by atoms with Gasteiger partial charge in [-0.25, -0.2) is 0 Å². The molecular formula is C14H23NO. The molecule has 1 aromatic carbocycles. The number of rotatable bonds is 0. The van der Waals surface area contributed by atoms with Gasteiger partial charge in [-0.05, 0) is 17.5 Å². The zero-order chi connectivity index (χ0) is 12.6. The molecule has 2 rings (SSSR count). The highest BCUT2D eigenvalue weighted by molar-refractivity contribution is 5.98. The third-order valence-corrected chi connectivity index (χ3v) is 1.70. The third-order valence-electron chi connectivity index (χ3n) is 1.70. The Morgan fingerprint density at radius 1 is 1.12 bits per heavy atom. The van der Waals surface area contributed by atoms with Gasteiger partial charge < -0.3 is 5.32 Å². The Kier molecular flexibility index (Phi) is 7.27. The van der Waals surface area contributed by atoms with Crippen molar-refractivity contribution in [3.05, 3.63) is 35.4 Å². The minimum absolute atomic E-state index is 0.0515. The predicted octanol–water partition coefficient (Wildman–Crippen LogP) is 3.62. The molecule has 0 aromatic heterocycles. The first-order valence-electron chi connectivity index (χ1n) is 5.97. The normalized spacial score (nSPS) is 11.8. The Labute approximate surface area is 99.1 Å². The summed E-state index contributed by atoms with van der Waals surface area (Å²) < 4.78 is 0. The Morgan fingerprint density at radius 3 is 2.12 bits per heavy atom. The van der Waals surface area contributed by atoms with Crippen LogP contribution in [0.15, 0.2) is 24.3 Å². The summed E-state index contributed by atoms with van der Waals surface area (Å²) in [5, 5.41) is 2.75. The van der Waals surface area contributed by atoms with Crippen molar-refractivity contribution in [1.29, 1.82) is 0 Å². The third kappa shape index (κ3) is 4.96. The Hall–Kier alpha value is -1.31. The number of hydrogen-bond acceptors (Lipinski definition) is 1. The van der Waals surface area contributed by atoms with Gasteiger partial charge >= 0.3 is 0 Å². The Morgan fingerprint density at radius 2 is 1.62 bits per heavy atom. The molecule has 1 aromatic rings. The van der Waals surface area contributed by atoms with Crippen molar-refractivity contribution in [3.63, 3.8) is 0 Å². The lowest BCUT2D eigenvalue weighted by molar-refractivity contribution is 0.0966. The standard InChI is InChI=1S/C8H7NO.C4H10.C2H6/c10-8-7-4-2-1-3-6(7)5-9-8;1-4(2)3;1-2/h1-4H,5H2,(H,9,10);4H,1-3H3;1-2H3. The van der Waals surface area contributed by atoms with Crippen LogP contribution in [0, 0.1) is 5.92 Å². The lowest BCUT2D eigenvalue weighted by Gasteiger charge is -1.89. The fourth-order valence-electron chi connectivity index (χ4n) is 1.17. The molecule has 2 heteroatoms. The van der Waals surface area contributed by atoms with Crippen LogP contribution in [0.2, 0.25) is 0 Å². The van der Waals surface area contributed by atoms with Crippen LogP contribution in [-0.4, -0.2) is 5.91 Å². The second-order valence-electron chi connectivity index (χ2n) is 4.07. The molecule has 2 nitrogen and oxygen atoms in total. The van der Waals surface area contributed by atoms with Crippen LogP contribution in [0.1, 0.15) is 50.5 Å². The van der Waals surface area contributed by atoms with E-state index in [9.17, 15) is 4.79 Å². The molecular weight excluding hydrogens is 198 g/mol. The molecule has 0 spiro atoms. The monoisotopic (exact) mass is 221 g/mol. The predicted molar refractivity (Wildman–Crippen MR) is 69.5 cm³/mol. The van der Waals surface area contributed by atoms with E-state index in [1.54, 1.807) is 0 Å². The first-order valence-corrected chi connectivity index (χ1v) is 5.97. The molecule has 0 bridgehead atoms. The number of carbonyl (C=O) groups is 1. The lowest BCUT2D eigenvalue weighted by Crippen LogP contribution is -2.12. The second-order valence-corrected chi connectivity index (χ2v) is 4.07. The average molecular weight is 221 g/mol. The molecule has 90 valence electrons. The second kappa shape index (κ2) is 7.91. The Bertz CT molecular complexity index is 316. The van der Waals surface area contributed by atoms with Gasteiger partial charge in [-0.15, -0.1) is 0 Å². The van der Waals surface area contributed by atoms with Gasteiger partial charge in [-0.1, -0.05) is 52.8 Å². The first-order chi connectivity index (χ1) is 7.61. The average Bonchev–Trinajstić information content (AvgIpc) is 2.64. The molecule has 1 N–H and O–H groups in total. The van der Waals surface area contributed by atoms with E-state index < -0.39 is 0 Å². The van der Waals surface area contributed by atoms with Crippen LogP contribution < -0.4 is 5.32 Å². The number of fused-ring (bicyclic) bond motifs is 1. The summed E-state index contributed by atoms with van der Waals surface area (Å²) in [7, 11) is 0. The van der Waals surface area contributed by atoms with E-state index in [1.165, 1.54) is 0 Å². The highest BCUT2D eigenvalue weighted by Crippen LogP contribution is 2.13. The Balaban J connectivity index is 0.000000323. The quantitative estimate of drug-likeness (QED) is 0.712. The summed E-state index contributed by atoms with van der Waals surface area (Å²) in [6, 6.07) is 7.63. The molecule has 0 unspecified atom stereocenters. The van der Waals surface area contributed by atoms with Crippen molar-refractivity contribution in [1.82, 2.24) is 5.32 Å². The zero-order valence-electron chi connectivity index (χ0n) is 11.0. The molecule has 0 aliphatic carbocycles. The van der Waals surface area contributed by atoms with Crippen molar-refractivity contribution in [3.8, 4) is 0 Å². The highest BCUT2D eigenvalue weighted by Gasteiger charge is 2.16. The lowest BCUT2D eigenvalue weighted by atomic mass is 10.1. The van der Waals surface area contributed by atoms with E-state index in [-0.39, 0.29) is 5.91 Å². The number of amides is 1. The van der Waals surface area contributed by atoms with Crippen LogP contribution >= 0.6 is 0 Å². The molecule has 1 aliphatic rings. The number of benzene rings is 1. The minimum Gasteiger partial charge on any atom is -0.348 e. The molecule has 1 amide bonds. The molecule has 0 saturated heterocycles. The summed E-state index contributed by atoms with van der Waals surface area (Å²) in [5.74, 6) is 0.885. The van der Waals surface area contributed by atoms with Crippen molar-refractivity contribution in [2.75, 3.05) is 0 Å². The number of nitrogens with one attached hydrogen (secondary N) is 1. The van der Waals surface area contributed by atoms with Crippen molar-refractivity contribution in [2.45, 2.75) is 41.2 Å². The first kappa shape index (κ1) is 14.7. The summed E-state index contributed by atoms with van der Waals surface area (Å²) in [6.45, 7) is 11.2. The van der Waals surface area contributed by atoms with E-state index >= 15 is 0 Å². The van der Waals surface area contributed by atoms with Crippen LogP contribution in [0.5, 0.6) is 0 Å². The summed E-state index contributed by atoms with van der Waals surface area (Å²) in [4.78, 5) is 11.0. The molecule has 0 fully saturated rings. The summed E-state index contributed by atoms with van der Waals surface area (Å²) in [6.07, 6.45) is 0. The van der Waals surface area contributed by atoms with E-state index in [0.717, 1.165) is 17.0 Å². The molecule has 1 aliphatic heterocycles. The molecule has 0 saturated carbocycles. The number of hydrogen-bond donors (Lipinski definition) is 1. The fraction of sp³-hybridized carbons (Fsp3) is 0.500. The smallest absolute Gasteiger partial charge is 0.251 e. The summed E-state index contributed by atoms with van der Waals surface area (Å²) in [5.41, 5.74) is 1.93. The molecule has 0 atom stereocenters. The van der Waals surface area contributed by atoms with E-state index in [4.69, 9.17) is 0 Å². The van der Waals surface area contributed by atoms with Crippen LogP contribution in [0.3, 0.4) is 0 Å². The SMILES string of the molecule is CC.CC(C)C.O=C1NCc2ccccc21. The largest absolute Gasteiger partial charge is 0.348 e. The van der Waals surface area contributed by atoms with Crippen molar-refractivity contribution >= 4 is 5.91 Å². The van der Waals surface area contributed by atoms with E-state index in [1.807, 2.05) is 38.1 Å².